The molecule has 1 aromatic rings. The highest BCUT2D eigenvalue weighted by Crippen LogP contribution is 2.36. The molecule has 0 aliphatic heterocycles. The van der Waals surface area contributed by atoms with E-state index in [-0.39, 0.29) is 22.6 Å². The van der Waals surface area contributed by atoms with Crippen LogP contribution < -0.4 is 4.74 Å². The van der Waals surface area contributed by atoms with E-state index in [0.717, 1.165) is 0 Å². The van der Waals surface area contributed by atoms with Crippen LogP contribution in [0.2, 0.25) is 0 Å². The Balaban J connectivity index is 3.28. The highest BCUT2D eigenvalue weighted by molar-refractivity contribution is 9.10. The molecule has 1 aromatic carbocycles. The molecule has 0 unspecified atom stereocenters. The molecule has 0 amide bonds. The summed E-state index contributed by atoms with van der Waals surface area (Å²) in [5, 5.41) is 9.63. The van der Waals surface area contributed by atoms with E-state index in [1.54, 1.807) is 6.07 Å². The summed E-state index contributed by atoms with van der Waals surface area (Å²) in [4.78, 5) is 11.4. The van der Waals surface area contributed by atoms with Crippen LogP contribution in [0.25, 0.3) is 0 Å². The zero-order valence-corrected chi connectivity index (χ0v) is 10.6. The first-order chi connectivity index (χ1) is 6.61. The predicted octanol–water partition coefficient (Wildman–Crippen LogP) is 2.74. The summed E-state index contributed by atoms with van der Waals surface area (Å²) in [6.07, 6.45) is 0. The number of methoxy groups -OCH3 is 1. The number of rotatable bonds is 3. The Bertz CT molecular complexity index is 363. The fourth-order valence-corrected chi connectivity index (χ4v) is 2.05. The molecule has 0 aromatic heterocycles. The van der Waals surface area contributed by atoms with Crippen LogP contribution in [0, 0.1) is 0 Å². The minimum Gasteiger partial charge on any atom is -0.504 e. The summed E-state index contributed by atoms with van der Waals surface area (Å²) in [5.74, 6) is 0.206. The molecule has 5 heteroatoms. The number of carbonyl (C=O) groups is 1. The van der Waals surface area contributed by atoms with E-state index in [1.165, 1.54) is 13.2 Å². The van der Waals surface area contributed by atoms with Crippen molar-refractivity contribution in [3.63, 3.8) is 0 Å². The maximum Gasteiger partial charge on any atom is 0.175 e. The number of alkyl halides is 1. The molecule has 0 bridgehead atoms. The van der Waals surface area contributed by atoms with Gasteiger partial charge in [-0.1, -0.05) is 15.9 Å². The Kier molecular flexibility index (Phi) is 3.95. The highest BCUT2D eigenvalue weighted by Gasteiger charge is 2.15. The number of carbonyl (C=O) groups excluding carboxylic acids is 1. The zero-order chi connectivity index (χ0) is 10.7. The molecule has 76 valence electrons. The number of hydrogen-bond donors (Lipinski definition) is 1. The highest BCUT2D eigenvalue weighted by atomic mass is 79.9. The number of Topliss-reactive ketones (excluding diaryl/α,β-unsaturated/α-hetero) is 1. The molecule has 0 atom stereocenters. The average molecular weight is 324 g/mol. The topological polar surface area (TPSA) is 46.5 Å². The maximum absolute atomic E-state index is 11.4. The van der Waals surface area contributed by atoms with Crippen LogP contribution in [0.1, 0.15) is 10.4 Å². The van der Waals surface area contributed by atoms with Gasteiger partial charge in [-0.05, 0) is 28.1 Å². The molecule has 0 spiro atoms. The number of aromatic hydroxyl groups is 1. The molecule has 0 saturated carbocycles. The summed E-state index contributed by atoms with van der Waals surface area (Å²) in [6.45, 7) is 0. The Morgan fingerprint density at radius 3 is 2.71 bits per heavy atom. The average Bonchev–Trinajstić information content (AvgIpc) is 2.18. The Morgan fingerprint density at radius 2 is 2.21 bits per heavy atom. The van der Waals surface area contributed by atoms with E-state index in [2.05, 4.69) is 31.9 Å². The third-order valence-electron chi connectivity index (χ3n) is 1.70. The first kappa shape index (κ1) is 11.5. The van der Waals surface area contributed by atoms with E-state index in [1.807, 2.05) is 0 Å². The van der Waals surface area contributed by atoms with Crippen molar-refractivity contribution in [1.82, 2.24) is 0 Å². The number of halogens is 2. The standard InChI is InChI=1S/C9H8Br2O3/c1-14-9-6(12)3-2-5(8(9)11)7(13)4-10/h2-3,12H,4H2,1H3. The lowest BCUT2D eigenvalue weighted by Crippen LogP contribution is -2.02. The van der Waals surface area contributed by atoms with Gasteiger partial charge in [0.15, 0.2) is 17.3 Å². The van der Waals surface area contributed by atoms with Crippen LogP contribution in [-0.2, 0) is 0 Å². The van der Waals surface area contributed by atoms with Gasteiger partial charge >= 0.3 is 0 Å². The largest absolute Gasteiger partial charge is 0.504 e. The van der Waals surface area contributed by atoms with Gasteiger partial charge in [-0.15, -0.1) is 0 Å². The van der Waals surface area contributed by atoms with E-state index in [0.29, 0.717) is 10.0 Å². The summed E-state index contributed by atoms with van der Waals surface area (Å²) in [7, 11) is 1.43. The first-order valence-electron chi connectivity index (χ1n) is 3.76. The van der Waals surface area contributed by atoms with Gasteiger partial charge in [-0.2, -0.15) is 0 Å². The number of phenols is 1. The zero-order valence-electron chi connectivity index (χ0n) is 7.38. The molecule has 1 N–H and O–H groups in total. The second-order valence-electron chi connectivity index (χ2n) is 2.54. The van der Waals surface area contributed by atoms with Gasteiger partial charge in [0.25, 0.3) is 0 Å². The van der Waals surface area contributed by atoms with E-state index in [9.17, 15) is 9.90 Å². The molecule has 3 nitrogen and oxygen atoms in total. The summed E-state index contributed by atoms with van der Waals surface area (Å²) in [6, 6.07) is 2.98. The molecule has 0 radical (unpaired) electrons. The molecule has 14 heavy (non-hydrogen) atoms. The minimum absolute atomic E-state index is 0.00509. The normalized spacial score (nSPS) is 9.93. The lowest BCUT2D eigenvalue weighted by molar-refractivity contribution is 0.102. The summed E-state index contributed by atoms with van der Waals surface area (Å²) in [5.41, 5.74) is 0.483. The van der Waals surface area contributed by atoms with Gasteiger partial charge < -0.3 is 9.84 Å². The monoisotopic (exact) mass is 322 g/mol. The summed E-state index contributed by atoms with van der Waals surface area (Å²) < 4.78 is 5.42. The van der Waals surface area contributed by atoms with Gasteiger partial charge in [0.2, 0.25) is 0 Å². The lowest BCUT2D eigenvalue weighted by atomic mass is 10.1. The number of hydrogen-bond acceptors (Lipinski definition) is 3. The number of ketones is 1. The van der Waals surface area contributed by atoms with Crippen LogP contribution in [0.15, 0.2) is 16.6 Å². The third kappa shape index (κ3) is 2.09. The molecule has 0 fully saturated rings. The Labute approximate surface area is 98.3 Å². The smallest absolute Gasteiger partial charge is 0.175 e. The van der Waals surface area contributed by atoms with Crippen LogP contribution in [-0.4, -0.2) is 23.3 Å². The molecular weight excluding hydrogens is 316 g/mol. The molecule has 0 heterocycles. The first-order valence-corrected chi connectivity index (χ1v) is 5.68. The van der Waals surface area contributed by atoms with Crippen molar-refractivity contribution in [3.8, 4) is 11.5 Å². The molecule has 1 rings (SSSR count). The van der Waals surface area contributed by atoms with Crippen molar-refractivity contribution >= 4 is 37.6 Å². The van der Waals surface area contributed by atoms with Gasteiger partial charge in [0, 0.05) is 5.56 Å². The van der Waals surface area contributed by atoms with E-state index >= 15 is 0 Å². The fourth-order valence-electron chi connectivity index (χ4n) is 1.03. The van der Waals surface area contributed by atoms with Gasteiger partial charge in [-0.25, -0.2) is 0 Å². The van der Waals surface area contributed by atoms with Crippen LogP contribution in [0.4, 0.5) is 0 Å². The van der Waals surface area contributed by atoms with Crippen molar-refractivity contribution < 1.29 is 14.6 Å². The second-order valence-corrected chi connectivity index (χ2v) is 3.89. The molecule has 0 aliphatic carbocycles. The second kappa shape index (κ2) is 4.79. The van der Waals surface area contributed by atoms with E-state index < -0.39 is 0 Å². The minimum atomic E-state index is -0.0739. The van der Waals surface area contributed by atoms with Crippen molar-refractivity contribution in [2.24, 2.45) is 0 Å². The molecular formula is C9H8Br2O3. The fraction of sp³-hybridized carbons (Fsp3) is 0.222. The van der Waals surface area contributed by atoms with Gasteiger partial charge in [0.05, 0.1) is 16.9 Å². The predicted molar refractivity (Wildman–Crippen MR) is 60.5 cm³/mol. The van der Waals surface area contributed by atoms with Crippen LogP contribution >= 0.6 is 31.9 Å². The SMILES string of the molecule is COc1c(O)ccc(C(=O)CBr)c1Br. The van der Waals surface area contributed by atoms with Crippen LogP contribution in [0.3, 0.4) is 0 Å². The number of ether oxygens (including phenoxy) is 1. The Hall–Kier alpha value is -0.550. The molecule has 0 aliphatic rings. The summed E-state index contributed by atoms with van der Waals surface area (Å²) >= 11 is 6.28. The third-order valence-corrected chi connectivity index (χ3v) is 3.00. The van der Waals surface area contributed by atoms with Gasteiger partial charge in [0.1, 0.15) is 0 Å². The Morgan fingerprint density at radius 1 is 1.57 bits per heavy atom. The quantitative estimate of drug-likeness (QED) is 0.687. The van der Waals surface area contributed by atoms with E-state index in [4.69, 9.17) is 4.74 Å². The maximum atomic E-state index is 11.4. The number of benzene rings is 1. The molecule has 0 saturated heterocycles. The van der Waals surface area contributed by atoms with Crippen molar-refractivity contribution in [2.75, 3.05) is 12.4 Å². The van der Waals surface area contributed by atoms with Crippen molar-refractivity contribution in [3.05, 3.63) is 22.2 Å². The van der Waals surface area contributed by atoms with Crippen molar-refractivity contribution in [2.45, 2.75) is 0 Å². The lowest BCUT2D eigenvalue weighted by Gasteiger charge is -2.08. The van der Waals surface area contributed by atoms with Crippen LogP contribution in [0.5, 0.6) is 11.5 Å². The van der Waals surface area contributed by atoms with Crippen molar-refractivity contribution in [1.29, 1.82) is 0 Å². The van der Waals surface area contributed by atoms with Gasteiger partial charge in [-0.3, -0.25) is 4.79 Å². The number of phenolic OH excluding ortho intramolecular Hbond substituents is 1.